The van der Waals surface area contributed by atoms with Crippen LogP contribution in [0.3, 0.4) is 0 Å². The number of aliphatic hydroxyl groups excluding tert-OH is 1. The van der Waals surface area contributed by atoms with Gasteiger partial charge >= 0.3 is 0 Å². The molecule has 4 nitrogen and oxygen atoms in total. The number of alkyl halides is 1. The van der Waals surface area contributed by atoms with Crippen LogP contribution in [-0.2, 0) is 9.84 Å². The van der Waals surface area contributed by atoms with Crippen molar-refractivity contribution in [1.82, 2.24) is 0 Å². The van der Waals surface area contributed by atoms with E-state index in [0.717, 1.165) is 0 Å². The van der Waals surface area contributed by atoms with Crippen molar-refractivity contribution in [1.29, 1.82) is 0 Å². The van der Waals surface area contributed by atoms with Gasteiger partial charge < -0.3 is 10.8 Å². The lowest BCUT2D eigenvalue weighted by Crippen LogP contribution is -2.33. The molecule has 1 aromatic rings. The number of aliphatic hydroxyl groups is 1. The normalized spacial score (nSPS) is 15.9. The molecule has 0 aliphatic rings. The molecule has 0 aliphatic heterocycles. The zero-order valence-electron chi connectivity index (χ0n) is 8.14. The fourth-order valence-electron chi connectivity index (χ4n) is 0.978. The van der Waals surface area contributed by atoms with Crippen molar-refractivity contribution in [2.75, 3.05) is 12.3 Å². The molecule has 0 fully saturated rings. The Labute approximate surface area is 93.6 Å². The minimum absolute atomic E-state index is 0.0447. The third kappa shape index (κ3) is 2.25. The summed E-state index contributed by atoms with van der Waals surface area (Å²) >= 11 is 5.72. The molecule has 0 aromatic heterocycles. The first-order chi connectivity index (χ1) is 6.81. The third-order valence-electron chi connectivity index (χ3n) is 2.03. The number of rotatable bonds is 3. The Balaban J connectivity index is 3.24. The number of benzene rings is 1. The molecule has 3 N–H and O–H groups in total. The summed E-state index contributed by atoms with van der Waals surface area (Å²) in [6, 6.07) is 5.66. The minimum Gasteiger partial charge on any atom is -0.399 e. The Morgan fingerprint density at radius 3 is 2.27 bits per heavy atom. The summed E-state index contributed by atoms with van der Waals surface area (Å²) in [4.78, 5) is 0.0447. The average molecular weight is 250 g/mol. The Bertz CT molecular complexity index is 439. The molecule has 0 saturated heterocycles. The highest BCUT2D eigenvalue weighted by Gasteiger charge is 2.37. The van der Waals surface area contributed by atoms with Gasteiger partial charge in [0.2, 0.25) is 0 Å². The number of anilines is 1. The molecule has 6 heteroatoms. The van der Waals surface area contributed by atoms with Crippen molar-refractivity contribution in [3.05, 3.63) is 24.3 Å². The smallest absolute Gasteiger partial charge is 0.199 e. The van der Waals surface area contributed by atoms with Crippen LogP contribution in [0.2, 0.25) is 0 Å². The van der Waals surface area contributed by atoms with Gasteiger partial charge in [-0.25, -0.2) is 8.42 Å². The molecule has 84 valence electrons. The summed E-state index contributed by atoms with van der Waals surface area (Å²) in [6.45, 7) is 0.599. The van der Waals surface area contributed by atoms with Crippen LogP contribution >= 0.6 is 11.6 Å². The van der Waals surface area contributed by atoms with E-state index in [4.69, 9.17) is 22.4 Å². The standard InChI is InChI=1S/C9H12ClNO3S/c1-9(10,6-12)15(13,14)8-4-2-7(11)3-5-8/h2-5,12H,6,11H2,1H3. The SMILES string of the molecule is CC(Cl)(CO)S(=O)(=O)c1ccc(N)cc1. The molecule has 0 bridgehead atoms. The molecule has 1 atom stereocenters. The number of nitrogen functional groups attached to an aromatic ring is 1. The van der Waals surface area contributed by atoms with Crippen molar-refractivity contribution in [2.24, 2.45) is 0 Å². The molecule has 0 heterocycles. The second-order valence-corrected chi connectivity index (χ2v) is 6.77. The quantitative estimate of drug-likeness (QED) is 0.618. The minimum atomic E-state index is -3.75. The van der Waals surface area contributed by atoms with E-state index in [0.29, 0.717) is 5.69 Å². The van der Waals surface area contributed by atoms with E-state index in [-0.39, 0.29) is 4.90 Å². The Morgan fingerprint density at radius 1 is 1.40 bits per heavy atom. The lowest BCUT2D eigenvalue weighted by atomic mass is 10.3. The summed E-state index contributed by atoms with van der Waals surface area (Å²) in [6.07, 6.45) is 0. The van der Waals surface area contributed by atoms with Crippen LogP contribution in [-0.4, -0.2) is 24.3 Å². The molecule has 0 saturated carbocycles. The predicted molar refractivity (Wildman–Crippen MR) is 59.4 cm³/mol. The highest BCUT2D eigenvalue weighted by Crippen LogP contribution is 2.29. The number of sulfone groups is 1. The van der Waals surface area contributed by atoms with Gasteiger partial charge in [-0.1, -0.05) is 11.6 Å². The fourth-order valence-corrected chi connectivity index (χ4v) is 2.40. The molecule has 0 radical (unpaired) electrons. The third-order valence-corrected chi connectivity index (χ3v) is 4.90. The maximum Gasteiger partial charge on any atom is 0.199 e. The molecule has 0 aliphatic carbocycles. The topological polar surface area (TPSA) is 80.4 Å². The Hall–Kier alpha value is -0.780. The highest BCUT2D eigenvalue weighted by atomic mass is 35.5. The first kappa shape index (κ1) is 12.3. The van der Waals surface area contributed by atoms with E-state index < -0.39 is 20.7 Å². The zero-order chi connectivity index (χ0) is 11.7. The van der Waals surface area contributed by atoms with Crippen LogP contribution in [0.1, 0.15) is 6.92 Å². The van der Waals surface area contributed by atoms with Crippen molar-refractivity contribution in [2.45, 2.75) is 16.0 Å². The molecule has 15 heavy (non-hydrogen) atoms. The van der Waals surface area contributed by atoms with Gasteiger partial charge in [0.1, 0.15) is 0 Å². The second-order valence-electron chi connectivity index (χ2n) is 3.33. The molecule has 1 rings (SSSR count). The monoisotopic (exact) mass is 249 g/mol. The molecular weight excluding hydrogens is 238 g/mol. The van der Waals surface area contributed by atoms with Crippen LogP contribution in [0.25, 0.3) is 0 Å². The van der Waals surface area contributed by atoms with Gasteiger partial charge in [0.15, 0.2) is 14.0 Å². The maximum absolute atomic E-state index is 11.9. The fraction of sp³-hybridized carbons (Fsp3) is 0.333. The van der Waals surface area contributed by atoms with Crippen molar-refractivity contribution in [3.8, 4) is 0 Å². The molecule has 0 amide bonds. The summed E-state index contributed by atoms with van der Waals surface area (Å²) in [7, 11) is -3.75. The van der Waals surface area contributed by atoms with Gasteiger partial charge in [0.25, 0.3) is 0 Å². The van der Waals surface area contributed by atoms with E-state index in [1.165, 1.54) is 31.2 Å². The summed E-state index contributed by atoms with van der Waals surface area (Å²) in [5, 5.41) is 8.91. The van der Waals surface area contributed by atoms with Gasteiger partial charge in [0, 0.05) is 5.69 Å². The summed E-state index contributed by atoms with van der Waals surface area (Å²) in [5.74, 6) is 0. The lowest BCUT2D eigenvalue weighted by molar-refractivity contribution is 0.283. The van der Waals surface area contributed by atoms with Crippen LogP contribution in [0.5, 0.6) is 0 Å². The first-order valence-electron chi connectivity index (χ1n) is 4.21. The number of halogens is 1. The van der Waals surface area contributed by atoms with E-state index in [1.54, 1.807) is 0 Å². The van der Waals surface area contributed by atoms with Crippen molar-refractivity contribution < 1.29 is 13.5 Å². The van der Waals surface area contributed by atoms with E-state index >= 15 is 0 Å². The molecule has 1 unspecified atom stereocenters. The lowest BCUT2D eigenvalue weighted by Gasteiger charge is -2.19. The average Bonchev–Trinajstić information content (AvgIpc) is 2.18. The zero-order valence-corrected chi connectivity index (χ0v) is 9.72. The number of hydrogen-bond donors (Lipinski definition) is 2. The van der Waals surface area contributed by atoms with Gasteiger partial charge in [-0.15, -0.1) is 0 Å². The highest BCUT2D eigenvalue weighted by molar-refractivity contribution is 7.94. The van der Waals surface area contributed by atoms with E-state index in [1.807, 2.05) is 0 Å². The molecular formula is C9H12ClNO3S. The molecule has 0 spiro atoms. The van der Waals surface area contributed by atoms with E-state index in [9.17, 15) is 8.42 Å². The summed E-state index contributed by atoms with van der Waals surface area (Å²) < 4.78 is 22.0. The van der Waals surface area contributed by atoms with Gasteiger partial charge in [-0.3, -0.25) is 0 Å². The van der Waals surface area contributed by atoms with Crippen molar-refractivity contribution in [3.63, 3.8) is 0 Å². The number of nitrogens with two attached hydrogens (primary N) is 1. The maximum atomic E-state index is 11.9. The van der Waals surface area contributed by atoms with E-state index in [2.05, 4.69) is 0 Å². The Morgan fingerprint density at radius 2 is 1.87 bits per heavy atom. The van der Waals surface area contributed by atoms with Crippen molar-refractivity contribution >= 4 is 27.1 Å². The second kappa shape index (κ2) is 4.00. The van der Waals surface area contributed by atoms with Gasteiger partial charge in [0.05, 0.1) is 11.5 Å². The van der Waals surface area contributed by atoms with Crippen LogP contribution in [0.4, 0.5) is 5.69 Å². The Kier molecular flexibility index (Phi) is 3.28. The van der Waals surface area contributed by atoms with Crippen LogP contribution in [0, 0.1) is 0 Å². The molecule has 1 aromatic carbocycles. The summed E-state index contributed by atoms with van der Waals surface area (Å²) in [5.41, 5.74) is 5.90. The van der Waals surface area contributed by atoms with Crippen LogP contribution in [0.15, 0.2) is 29.2 Å². The largest absolute Gasteiger partial charge is 0.399 e. The number of hydrogen-bond acceptors (Lipinski definition) is 4. The first-order valence-corrected chi connectivity index (χ1v) is 6.07. The van der Waals surface area contributed by atoms with Crippen LogP contribution < -0.4 is 5.73 Å². The predicted octanol–water partition coefficient (Wildman–Crippen LogP) is 0.990. The van der Waals surface area contributed by atoms with Gasteiger partial charge in [-0.05, 0) is 31.2 Å². The van der Waals surface area contributed by atoms with Gasteiger partial charge in [-0.2, -0.15) is 0 Å².